The average Bonchev–Trinajstić information content (AvgIpc) is 2.57. The molecule has 2 aromatic rings. The molecule has 0 aliphatic carbocycles. The topological polar surface area (TPSA) is 81.5 Å². The summed E-state index contributed by atoms with van der Waals surface area (Å²) in [6.07, 6.45) is 1.01. The van der Waals surface area contributed by atoms with Crippen molar-refractivity contribution in [2.24, 2.45) is 0 Å². The van der Waals surface area contributed by atoms with Gasteiger partial charge in [0, 0.05) is 11.6 Å². The van der Waals surface area contributed by atoms with E-state index < -0.39 is 4.92 Å². The SMILES string of the molecule is CCC(C)Oc1ccc(C(=O)Nc2cccc([N+](=O)[O-])c2C)cc1. The van der Waals surface area contributed by atoms with Crippen molar-refractivity contribution in [1.82, 2.24) is 0 Å². The van der Waals surface area contributed by atoms with Crippen molar-refractivity contribution >= 4 is 17.3 Å². The third-order valence-corrected chi connectivity index (χ3v) is 3.78. The van der Waals surface area contributed by atoms with Crippen molar-refractivity contribution < 1.29 is 14.5 Å². The Labute approximate surface area is 140 Å². The van der Waals surface area contributed by atoms with Gasteiger partial charge in [-0.05, 0) is 50.6 Å². The predicted molar refractivity (Wildman–Crippen MR) is 92.6 cm³/mol. The van der Waals surface area contributed by atoms with Crippen molar-refractivity contribution in [1.29, 1.82) is 0 Å². The van der Waals surface area contributed by atoms with Crippen molar-refractivity contribution in [3.05, 3.63) is 63.7 Å². The maximum atomic E-state index is 12.3. The third-order valence-electron chi connectivity index (χ3n) is 3.78. The van der Waals surface area contributed by atoms with E-state index in [0.717, 1.165) is 6.42 Å². The Bertz CT molecular complexity index is 741. The fourth-order valence-electron chi connectivity index (χ4n) is 2.15. The van der Waals surface area contributed by atoms with Gasteiger partial charge in [0.25, 0.3) is 11.6 Å². The summed E-state index contributed by atoms with van der Waals surface area (Å²) in [4.78, 5) is 22.8. The van der Waals surface area contributed by atoms with Gasteiger partial charge in [0.2, 0.25) is 0 Å². The number of ether oxygens (including phenoxy) is 1. The lowest BCUT2D eigenvalue weighted by Gasteiger charge is -2.13. The molecule has 24 heavy (non-hydrogen) atoms. The van der Waals surface area contributed by atoms with Gasteiger partial charge in [-0.1, -0.05) is 13.0 Å². The van der Waals surface area contributed by atoms with E-state index in [1.54, 1.807) is 43.3 Å². The first kappa shape index (κ1) is 17.5. The highest BCUT2D eigenvalue weighted by Gasteiger charge is 2.15. The Hall–Kier alpha value is -2.89. The van der Waals surface area contributed by atoms with Gasteiger partial charge < -0.3 is 10.1 Å². The summed E-state index contributed by atoms with van der Waals surface area (Å²) in [6, 6.07) is 11.4. The van der Waals surface area contributed by atoms with Gasteiger partial charge >= 0.3 is 0 Å². The minimum absolute atomic E-state index is 0.0231. The molecule has 1 amide bonds. The van der Waals surface area contributed by atoms with Crippen molar-refractivity contribution in [2.75, 3.05) is 5.32 Å². The molecule has 0 radical (unpaired) electrons. The summed E-state index contributed by atoms with van der Waals surface area (Å²) in [5.41, 5.74) is 1.28. The van der Waals surface area contributed by atoms with Gasteiger partial charge in [-0.2, -0.15) is 0 Å². The smallest absolute Gasteiger partial charge is 0.274 e. The first-order chi connectivity index (χ1) is 11.4. The van der Waals surface area contributed by atoms with Crippen LogP contribution >= 0.6 is 0 Å². The van der Waals surface area contributed by atoms with E-state index >= 15 is 0 Å². The summed E-state index contributed by atoms with van der Waals surface area (Å²) >= 11 is 0. The van der Waals surface area contributed by atoms with E-state index in [0.29, 0.717) is 22.6 Å². The predicted octanol–water partition coefficient (Wildman–Crippen LogP) is 4.33. The second kappa shape index (κ2) is 7.59. The number of amides is 1. The van der Waals surface area contributed by atoms with E-state index in [1.807, 2.05) is 13.8 Å². The lowest BCUT2D eigenvalue weighted by Crippen LogP contribution is -2.13. The second-order valence-electron chi connectivity index (χ2n) is 5.52. The fraction of sp³-hybridized carbons (Fsp3) is 0.278. The summed E-state index contributed by atoms with van der Waals surface area (Å²) < 4.78 is 5.67. The first-order valence-electron chi connectivity index (χ1n) is 7.74. The van der Waals surface area contributed by atoms with Crippen LogP contribution in [0.25, 0.3) is 0 Å². The number of carbonyl (C=O) groups is 1. The number of hydrogen-bond donors (Lipinski definition) is 1. The molecule has 0 saturated heterocycles. The van der Waals surface area contributed by atoms with Crippen molar-refractivity contribution in [3.63, 3.8) is 0 Å². The van der Waals surface area contributed by atoms with E-state index in [4.69, 9.17) is 4.74 Å². The molecular formula is C18H20N2O4. The molecule has 0 heterocycles. The van der Waals surface area contributed by atoms with Crippen LogP contribution in [-0.4, -0.2) is 16.9 Å². The maximum Gasteiger partial charge on any atom is 0.274 e. The standard InChI is InChI=1S/C18H20N2O4/c1-4-12(2)24-15-10-8-14(9-11-15)18(21)19-16-6-5-7-17(13(16)3)20(22)23/h5-12H,4H2,1-3H3,(H,19,21). The van der Waals surface area contributed by atoms with Gasteiger partial charge in [0.05, 0.1) is 22.3 Å². The molecule has 0 bridgehead atoms. The molecule has 0 spiro atoms. The minimum atomic E-state index is -0.466. The third kappa shape index (κ3) is 4.10. The number of nitro groups is 1. The quantitative estimate of drug-likeness (QED) is 0.632. The molecule has 1 unspecified atom stereocenters. The van der Waals surface area contributed by atoms with Gasteiger partial charge in [-0.3, -0.25) is 14.9 Å². The summed E-state index contributed by atoms with van der Waals surface area (Å²) in [7, 11) is 0. The Morgan fingerprint density at radius 3 is 2.50 bits per heavy atom. The van der Waals surface area contributed by atoms with Crippen molar-refractivity contribution in [3.8, 4) is 5.75 Å². The van der Waals surface area contributed by atoms with E-state index in [2.05, 4.69) is 5.32 Å². The number of rotatable bonds is 6. The average molecular weight is 328 g/mol. The van der Waals surface area contributed by atoms with E-state index in [9.17, 15) is 14.9 Å². The number of nitro benzene ring substituents is 1. The highest BCUT2D eigenvalue weighted by Crippen LogP contribution is 2.25. The zero-order valence-corrected chi connectivity index (χ0v) is 13.9. The normalized spacial score (nSPS) is 11.6. The Morgan fingerprint density at radius 1 is 1.25 bits per heavy atom. The maximum absolute atomic E-state index is 12.3. The molecule has 6 heteroatoms. The summed E-state index contributed by atoms with van der Waals surface area (Å²) in [6.45, 7) is 5.62. The highest BCUT2D eigenvalue weighted by atomic mass is 16.6. The number of benzene rings is 2. The Balaban J connectivity index is 2.13. The summed E-state index contributed by atoms with van der Waals surface area (Å²) in [5, 5.41) is 13.7. The van der Waals surface area contributed by atoms with Crippen LogP contribution in [0, 0.1) is 17.0 Å². The molecule has 0 fully saturated rings. The van der Waals surface area contributed by atoms with Crippen LogP contribution in [-0.2, 0) is 0 Å². The minimum Gasteiger partial charge on any atom is -0.491 e. The molecule has 6 nitrogen and oxygen atoms in total. The number of nitrogens with zero attached hydrogens (tertiary/aromatic N) is 1. The Morgan fingerprint density at radius 2 is 1.92 bits per heavy atom. The van der Waals surface area contributed by atoms with Crippen LogP contribution in [0.15, 0.2) is 42.5 Å². The number of nitrogens with one attached hydrogen (secondary N) is 1. The van der Waals surface area contributed by atoms with E-state index in [1.165, 1.54) is 6.07 Å². The molecule has 0 aliphatic heterocycles. The molecule has 1 N–H and O–H groups in total. The van der Waals surface area contributed by atoms with E-state index in [-0.39, 0.29) is 17.7 Å². The van der Waals surface area contributed by atoms with Gasteiger partial charge in [-0.25, -0.2) is 0 Å². The van der Waals surface area contributed by atoms with Crippen molar-refractivity contribution in [2.45, 2.75) is 33.3 Å². The zero-order chi connectivity index (χ0) is 17.7. The fourth-order valence-corrected chi connectivity index (χ4v) is 2.15. The molecule has 2 aromatic carbocycles. The second-order valence-corrected chi connectivity index (χ2v) is 5.52. The number of hydrogen-bond acceptors (Lipinski definition) is 4. The lowest BCUT2D eigenvalue weighted by molar-refractivity contribution is -0.385. The van der Waals surface area contributed by atoms with Crippen LogP contribution in [0.3, 0.4) is 0 Å². The molecule has 126 valence electrons. The lowest BCUT2D eigenvalue weighted by atomic mass is 10.1. The molecule has 1 atom stereocenters. The monoisotopic (exact) mass is 328 g/mol. The van der Waals surface area contributed by atoms with Crippen LogP contribution in [0.2, 0.25) is 0 Å². The van der Waals surface area contributed by atoms with Crippen LogP contribution in [0.5, 0.6) is 5.75 Å². The van der Waals surface area contributed by atoms with Gasteiger partial charge in [0.1, 0.15) is 5.75 Å². The zero-order valence-electron chi connectivity index (χ0n) is 13.9. The number of anilines is 1. The first-order valence-corrected chi connectivity index (χ1v) is 7.74. The molecular weight excluding hydrogens is 308 g/mol. The highest BCUT2D eigenvalue weighted by molar-refractivity contribution is 6.04. The van der Waals surface area contributed by atoms with Crippen LogP contribution in [0.4, 0.5) is 11.4 Å². The Kier molecular flexibility index (Phi) is 5.52. The molecule has 0 aromatic heterocycles. The molecule has 0 saturated carbocycles. The largest absolute Gasteiger partial charge is 0.491 e. The summed E-state index contributed by atoms with van der Waals surface area (Å²) in [5.74, 6) is 0.376. The molecule has 2 rings (SSSR count). The number of carbonyl (C=O) groups excluding carboxylic acids is 1. The van der Waals surface area contributed by atoms with Crippen LogP contribution in [0.1, 0.15) is 36.2 Å². The van der Waals surface area contributed by atoms with Gasteiger partial charge in [0.15, 0.2) is 0 Å². The van der Waals surface area contributed by atoms with Gasteiger partial charge in [-0.15, -0.1) is 0 Å². The van der Waals surface area contributed by atoms with Crippen LogP contribution < -0.4 is 10.1 Å². The molecule has 0 aliphatic rings.